The van der Waals surface area contributed by atoms with Gasteiger partial charge in [-0.3, -0.25) is 9.00 Å². The molecule has 0 aliphatic heterocycles. The third-order valence-electron chi connectivity index (χ3n) is 4.05. The number of ether oxygens (including phenoxy) is 1. The average Bonchev–Trinajstić information content (AvgIpc) is 2.71. The molecule has 0 spiro atoms. The molecule has 0 bridgehead atoms. The molecule has 0 radical (unpaired) electrons. The first-order valence-electron chi connectivity index (χ1n) is 8.52. The number of pyridine rings is 1. The smallest absolute Gasteiger partial charge is 0.255 e. The summed E-state index contributed by atoms with van der Waals surface area (Å²) in [4.78, 5) is 16.5. The van der Waals surface area contributed by atoms with Crippen LogP contribution in [0.3, 0.4) is 0 Å². The van der Waals surface area contributed by atoms with Crippen molar-refractivity contribution < 1.29 is 18.3 Å². The van der Waals surface area contributed by atoms with Crippen molar-refractivity contribution in [1.29, 1.82) is 0 Å². The predicted octanol–water partition coefficient (Wildman–Crippen LogP) is 3.95. The number of amides is 1. The number of hydrogen-bond acceptors (Lipinski definition) is 6. The second kappa shape index (κ2) is 9.04. The van der Waals surface area contributed by atoms with Crippen molar-refractivity contribution in [3.05, 3.63) is 76.9 Å². The van der Waals surface area contributed by atoms with Gasteiger partial charge in [0, 0.05) is 28.4 Å². The highest BCUT2D eigenvalue weighted by molar-refractivity contribution is 7.79. The Morgan fingerprint density at radius 1 is 1.24 bits per heavy atom. The summed E-state index contributed by atoms with van der Waals surface area (Å²) in [6.07, 6.45) is 1.04. The van der Waals surface area contributed by atoms with Gasteiger partial charge in [0.1, 0.15) is 6.10 Å². The molecule has 7 nitrogen and oxygen atoms in total. The Balaban J connectivity index is 1.75. The maximum Gasteiger partial charge on any atom is 0.255 e. The molecule has 0 aliphatic rings. The topological polar surface area (TPSA) is 117 Å². The summed E-state index contributed by atoms with van der Waals surface area (Å²) < 4.78 is 28.0. The predicted molar refractivity (Wildman–Crippen MR) is 111 cm³/mol. The van der Waals surface area contributed by atoms with Crippen LogP contribution in [0.15, 0.2) is 65.7 Å². The van der Waals surface area contributed by atoms with Crippen molar-refractivity contribution in [1.82, 2.24) is 4.98 Å². The number of benzene rings is 2. The van der Waals surface area contributed by atoms with Crippen LogP contribution in [-0.4, -0.2) is 19.7 Å². The van der Waals surface area contributed by atoms with E-state index in [4.69, 9.17) is 22.1 Å². The molecule has 0 fully saturated rings. The second-order valence-corrected chi connectivity index (χ2v) is 7.52. The van der Waals surface area contributed by atoms with Gasteiger partial charge in [-0.15, -0.1) is 0 Å². The maximum atomic E-state index is 12.5. The van der Waals surface area contributed by atoms with Crippen molar-refractivity contribution in [3.63, 3.8) is 0 Å². The number of carbonyl (C=O) groups is 1. The van der Waals surface area contributed by atoms with E-state index in [-0.39, 0.29) is 22.4 Å². The summed E-state index contributed by atoms with van der Waals surface area (Å²) in [5.41, 5.74) is 7.37. The number of nitrogens with two attached hydrogens (primary N) is 1. The monoisotopic (exact) mass is 430 g/mol. The van der Waals surface area contributed by atoms with Crippen molar-refractivity contribution in [3.8, 4) is 5.75 Å². The van der Waals surface area contributed by atoms with Crippen LogP contribution in [0.4, 0.5) is 11.5 Å². The molecule has 0 saturated heterocycles. The van der Waals surface area contributed by atoms with E-state index in [2.05, 4.69) is 10.3 Å². The summed E-state index contributed by atoms with van der Waals surface area (Å²) >= 11 is 3.53. The summed E-state index contributed by atoms with van der Waals surface area (Å²) in [6.45, 7) is 1.83. The van der Waals surface area contributed by atoms with Crippen molar-refractivity contribution in [2.24, 2.45) is 0 Å². The summed E-state index contributed by atoms with van der Waals surface area (Å²) in [5.74, 6) is 0.162. The molecule has 2 atom stereocenters. The van der Waals surface area contributed by atoms with E-state index in [1.165, 1.54) is 30.5 Å². The molecule has 1 heterocycles. The molecule has 1 unspecified atom stereocenters. The lowest BCUT2D eigenvalue weighted by Crippen LogP contribution is -2.13. The summed E-state index contributed by atoms with van der Waals surface area (Å²) in [7, 11) is 0. The molecule has 29 heavy (non-hydrogen) atoms. The first kappa shape index (κ1) is 20.8. The SMILES string of the molecule is C[C@@H](Oc1cc(Cl)cnc1N)c1cccc(NC(=O)c2cccc(S(=O)[O-])c2)c1. The Hall–Kier alpha value is -2.94. The molecular weight excluding hydrogens is 414 g/mol. The molecular formula is C20H17ClN3O4S-. The Bertz CT molecular complexity index is 1080. The highest BCUT2D eigenvalue weighted by atomic mass is 35.5. The molecule has 1 amide bonds. The zero-order valence-electron chi connectivity index (χ0n) is 15.3. The van der Waals surface area contributed by atoms with Crippen LogP contribution in [0, 0.1) is 0 Å². The van der Waals surface area contributed by atoms with Crippen LogP contribution in [0.5, 0.6) is 5.75 Å². The maximum absolute atomic E-state index is 12.5. The molecule has 0 aliphatic carbocycles. The van der Waals surface area contributed by atoms with Gasteiger partial charge in [-0.25, -0.2) is 4.98 Å². The highest BCUT2D eigenvalue weighted by Gasteiger charge is 2.13. The Morgan fingerprint density at radius 2 is 2.00 bits per heavy atom. The fourth-order valence-corrected chi connectivity index (χ4v) is 3.16. The minimum atomic E-state index is -2.41. The van der Waals surface area contributed by atoms with Gasteiger partial charge in [0.05, 0.1) is 5.02 Å². The third kappa shape index (κ3) is 5.32. The third-order valence-corrected chi connectivity index (χ3v) is 4.90. The molecule has 3 N–H and O–H groups in total. The first-order valence-corrected chi connectivity index (χ1v) is 9.97. The van der Waals surface area contributed by atoms with Gasteiger partial charge in [0.2, 0.25) is 0 Å². The van der Waals surface area contributed by atoms with Crippen molar-refractivity contribution >= 4 is 40.1 Å². The standard InChI is InChI=1S/C20H18ClN3O4S/c1-12(28-18-10-15(21)11-23-19(18)22)13-4-2-6-16(8-13)24-20(25)14-5-3-7-17(9-14)29(26)27/h2-12H,1H3,(H2,22,23)(H,24,25)(H,26,27)/p-1/t12-/m1/s1. The fourth-order valence-electron chi connectivity index (χ4n) is 2.60. The number of nitrogen functional groups attached to an aromatic ring is 1. The fraction of sp³-hybridized carbons (Fsp3) is 0.100. The molecule has 150 valence electrons. The Labute approximate surface area is 175 Å². The number of halogens is 1. The Morgan fingerprint density at radius 3 is 2.76 bits per heavy atom. The van der Waals surface area contributed by atoms with Crippen LogP contribution in [0.1, 0.15) is 28.9 Å². The van der Waals surface area contributed by atoms with Gasteiger partial charge in [-0.05, 0) is 53.9 Å². The lowest BCUT2D eigenvalue weighted by Gasteiger charge is -2.17. The van der Waals surface area contributed by atoms with Crippen LogP contribution < -0.4 is 15.8 Å². The molecule has 3 aromatic rings. The zero-order valence-corrected chi connectivity index (χ0v) is 16.9. The number of rotatable bonds is 6. The second-order valence-electron chi connectivity index (χ2n) is 6.14. The van der Waals surface area contributed by atoms with Crippen LogP contribution >= 0.6 is 11.6 Å². The first-order chi connectivity index (χ1) is 13.8. The van der Waals surface area contributed by atoms with E-state index in [0.717, 1.165) is 5.56 Å². The van der Waals surface area contributed by atoms with Gasteiger partial charge in [0.25, 0.3) is 5.91 Å². The lowest BCUT2D eigenvalue weighted by atomic mass is 10.1. The highest BCUT2D eigenvalue weighted by Crippen LogP contribution is 2.29. The van der Waals surface area contributed by atoms with E-state index < -0.39 is 17.0 Å². The minimum absolute atomic E-state index is 0.0427. The molecule has 9 heteroatoms. The van der Waals surface area contributed by atoms with Gasteiger partial charge in [-0.2, -0.15) is 0 Å². The van der Waals surface area contributed by atoms with E-state index in [9.17, 15) is 13.6 Å². The lowest BCUT2D eigenvalue weighted by molar-refractivity contribution is 0.102. The van der Waals surface area contributed by atoms with E-state index in [1.54, 1.807) is 24.3 Å². The number of nitrogens with zero attached hydrogens (tertiary/aromatic N) is 1. The number of carbonyl (C=O) groups excluding carboxylic acids is 1. The summed E-state index contributed by atoms with van der Waals surface area (Å²) in [6, 6.07) is 14.4. The normalized spacial score (nSPS) is 12.8. The van der Waals surface area contributed by atoms with Crippen LogP contribution in [-0.2, 0) is 11.1 Å². The average molecular weight is 431 g/mol. The van der Waals surface area contributed by atoms with Gasteiger partial charge in [-0.1, -0.05) is 29.8 Å². The molecule has 2 aromatic carbocycles. The van der Waals surface area contributed by atoms with Gasteiger partial charge in [0.15, 0.2) is 11.6 Å². The Kier molecular flexibility index (Phi) is 6.48. The van der Waals surface area contributed by atoms with E-state index in [1.807, 2.05) is 13.0 Å². The minimum Gasteiger partial charge on any atom is -0.768 e. The van der Waals surface area contributed by atoms with Gasteiger partial charge < -0.3 is 20.3 Å². The van der Waals surface area contributed by atoms with Crippen LogP contribution in [0.25, 0.3) is 0 Å². The zero-order chi connectivity index (χ0) is 21.0. The largest absolute Gasteiger partial charge is 0.768 e. The quantitative estimate of drug-likeness (QED) is 0.572. The number of anilines is 2. The number of aromatic nitrogens is 1. The molecule has 1 aromatic heterocycles. The van der Waals surface area contributed by atoms with Crippen molar-refractivity contribution in [2.45, 2.75) is 17.9 Å². The van der Waals surface area contributed by atoms with Gasteiger partial charge >= 0.3 is 0 Å². The summed E-state index contributed by atoms with van der Waals surface area (Å²) in [5, 5.41) is 3.16. The van der Waals surface area contributed by atoms with Crippen LogP contribution in [0.2, 0.25) is 5.02 Å². The van der Waals surface area contributed by atoms with E-state index >= 15 is 0 Å². The van der Waals surface area contributed by atoms with Crippen molar-refractivity contribution in [2.75, 3.05) is 11.1 Å². The number of hydrogen-bond donors (Lipinski definition) is 2. The molecule has 3 rings (SSSR count). The molecule has 0 saturated carbocycles. The number of nitrogens with one attached hydrogen (secondary N) is 1. The van der Waals surface area contributed by atoms with E-state index in [0.29, 0.717) is 16.5 Å².